The van der Waals surface area contributed by atoms with Gasteiger partial charge in [0, 0.05) is 40.8 Å². The molecule has 5 heteroatoms. The number of nitrogens with one attached hydrogen (secondary N) is 1. The molecule has 0 saturated heterocycles. The lowest BCUT2D eigenvalue weighted by Crippen LogP contribution is -1.97. The van der Waals surface area contributed by atoms with E-state index in [0.29, 0.717) is 11.5 Å². The van der Waals surface area contributed by atoms with Gasteiger partial charge in [-0.15, -0.1) is 0 Å². The Labute approximate surface area is 150 Å². The summed E-state index contributed by atoms with van der Waals surface area (Å²) >= 11 is 0. The Morgan fingerprint density at radius 2 is 1.77 bits per heavy atom. The van der Waals surface area contributed by atoms with Crippen LogP contribution in [0.5, 0.6) is 0 Å². The summed E-state index contributed by atoms with van der Waals surface area (Å²) in [6.45, 7) is 2.05. The third-order valence-corrected chi connectivity index (χ3v) is 4.12. The van der Waals surface area contributed by atoms with Crippen LogP contribution < -0.4 is 5.32 Å². The van der Waals surface area contributed by atoms with Crippen LogP contribution in [-0.2, 0) is 0 Å². The van der Waals surface area contributed by atoms with E-state index in [1.807, 2.05) is 55.5 Å². The number of carbonyl (C=O) groups excluding carboxylic acids is 1. The summed E-state index contributed by atoms with van der Waals surface area (Å²) in [6.07, 6.45) is 5.87. The molecule has 0 atom stereocenters. The maximum absolute atomic E-state index is 11.0. The first-order chi connectivity index (χ1) is 12.7. The molecule has 2 aromatic heterocycles. The van der Waals surface area contributed by atoms with Gasteiger partial charge in [0.15, 0.2) is 6.29 Å². The number of nitrogens with zero attached hydrogens (tertiary/aromatic N) is 3. The number of fused-ring (bicyclic) bond motifs is 1. The van der Waals surface area contributed by atoms with E-state index in [2.05, 4.69) is 20.3 Å². The summed E-state index contributed by atoms with van der Waals surface area (Å²) in [4.78, 5) is 24.1. The average Bonchev–Trinajstić information content (AvgIpc) is 2.69. The number of carbonyl (C=O) groups is 1. The monoisotopic (exact) mass is 340 g/mol. The Bertz CT molecular complexity index is 1090. The van der Waals surface area contributed by atoms with Crippen molar-refractivity contribution in [3.63, 3.8) is 0 Å². The molecular weight excluding hydrogens is 324 g/mol. The van der Waals surface area contributed by atoms with Crippen molar-refractivity contribution in [2.24, 2.45) is 0 Å². The van der Waals surface area contributed by atoms with Crippen molar-refractivity contribution in [3.05, 3.63) is 78.2 Å². The van der Waals surface area contributed by atoms with Crippen molar-refractivity contribution in [3.8, 4) is 11.1 Å². The molecule has 0 spiro atoms. The minimum absolute atomic E-state index is 0.540. The predicted molar refractivity (Wildman–Crippen MR) is 103 cm³/mol. The molecule has 0 radical (unpaired) electrons. The van der Waals surface area contributed by atoms with Gasteiger partial charge in [0.25, 0.3) is 0 Å². The second-order valence-corrected chi connectivity index (χ2v) is 6.08. The fourth-order valence-electron chi connectivity index (χ4n) is 2.71. The third kappa shape index (κ3) is 3.28. The molecular formula is C21H16N4O. The van der Waals surface area contributed by atoms with E-state index in [1.165, 1.54) is 5.56 Å². The highest BCUT2D eigenvalue weighted by Gasteiger charge is 2.05. The van der Waals surface area contributed by atoms with Crippen LogP contribution in [0.15, 0.2) is 67.1 Å². The van der Waals surface area contributed by atoms with Gasteiger partial charge < -0.3 is 5.32 Å². The highest BCUT2D eigenvalue weighted by atomic mass is 16.1. The molecule has 0 aliphatic carbocycles. The predicted octanol–water partition coefficient (Wildman–Crippen LogP) is 4.56. The van der Waals surface area contributed by atoms with Gasteiger partial charge in [0.2, 0.25) is 5.95 Å². The number of aryl methyl sites for hydroxylation is 1. The molecule has 2 aromatic carbocycles. The number of rotatable bonds is 4. The van der Waals surface area contributed by atoms with E-state index in [9.17, 15) is 4.79 Å². The molecule has 5 nitrogen and oxygen atoms in total. The van der Waals surface area contributed by atoms with Gasteiger partial charge in [0.1, 0.15) is 0 Å². The maximum Gasteiger partial charge on any atom is 0.227 e. The van der Waals surface area contributed by atoms with Crippen LogP contribution in [0.3, 0.4) is 0 Å². The minimum Gasteiger partial charge on any atom is -0.324 e. The largest absolute Gasteiger partial charge is 0.324 e. The Morgan fingerprint density at radius 3 is 2.58 bits per heavy atom. The first-order valence-corrected chi connectivity index (χ1v) is 8.22. The van der Waals surface area contributed by atoms with Crippen LogP contribution in [0.1, 0.15) is 15.9 Å². The maximum atomic E-state index is 11.0. The fraction of sp³-hybridized carbons (Fsp3) is 0.0476. The molecule has 26 heavy (non-hydrogen) atoms. The number of hydrogen-bond acceptors (Lipinski definition) is 5. The summed E-state index contributed by atoms with van der Waals surface area (Å²) in [6, 6.07) is 15.8. The molecule has 4 rings (SSSR count). The molecule has 126 valence electrons. The lowest BCUT2D eigenvalue weighted by atomic mass is 10.0. The number of benzene rings is 2. The Kier molecular flexibility index (Phi) is 4.11. The van der Waals surface area contributed by atoms with Gasteiger partial charge >= 0.3 is 0 Å². The smallest absolute Gasteiger partial charge is 0.227 e. The number of aldehydes is 1. The first-order valence-electron chi connectivity index (χ1n) is 8.22. The number of anilines is 2. The molecule has 0 aliphatic rings. The Hall–Kier alpha value is -3.60. The van der Waals surface area contributed by atoms with Crippen LogP contribution in [0.2, 0.25) is 0 Å². The highest BCUT2D eigenvalue weighted by Crippen LogP contribution is 2.24. The lowest BCUT2D eigenvalue weighted by Gasteiger charge is -2.07. The highest BCUT2D eigenvalue weighted by molar-refractivity contribution is 5.85. The fourth-order valence-corrected chi connectivity index (χ4v) is 2.71. The van der Waals surface area contributed by atoms with Gasteiger partial charge in [-0.05, 0) is 36.8 Å². The quantitative estimate of drug-likeness (QED) is 0.552. The summed E-state index contributed by atoms with van der Waals surface area (Å²) < 4.78 is 0. The van der Waals surface area contributed by atoms with Gasteiger partial charge in [-0.3, -0.25) is 9.78 Å². The van der Waals surface area contributed by atoms with Crippen LogP contribution >= 0.6 is 0 Å². The summed E-state index contributed by atoms with van der Waals surface area (Å²) in [5.41, 5.74) is 5.34. The van der Waals surface area contributed by atoms with Crippen LogP contribution in [0.4, 0.5) is 11.6 Å². The lowest BCUT2D eigenvalue weighted by molar-refractivity contribution is 0.112. The standard InChI is InChI=1S/C21H16N4O/c1-14-2-6-19(7-3-14)24-21-23-12-17-5-4-16(9-20(17)25-21)18-8-15(13-26)10-22-11-18/h2-13H,1H3,(H,23,24,25). The van der Waals surface area contributed by atoms with E-state index in [-0.39, 0.29) is 0 Å². The number of hydrogen-bond donors (Lipinski definition) is 1. The molecule has 1 N–H and O–H groups in total. The van der Waals surface area contributed by atoms with E-state index < -0.39 is 0 Å². The van der Waals surface area contributed by atoms with Crippen LogP contribution in [-0.4, -0.2) is 21.2 Å². The van der Waals surface area contributed by atoms with Crippen molar-refractivity contribution in [1.82, 2.24) is 15.0 Å². The molecule has 0 aliphatic heterocycles. The molecule has 0 bridgehead atoms. The normalized spacial score (nSPS) is 10.7. The SMILES string of the molecule is Cc1ccc(Nc2ncc3ccc(-c4cncc(C=O)c4)cc3n2)cc1. The molecule has 0 fully saturated rings. The van der Waals surface area contributed by atoms with Crippen LogP contribution in [0.25, 0.3) is 22.0 Å². The second-order valence-electron chi connectivity index (χ2n) is 6.08. The number of pyridine rings is 1. The second kappa shape index (κ2) is 6.72. The van der Waals surface area contributed by atoms with Crippen LogP contribution in [0, 0.1) is 6.92 Å². The minimum atomic E-state index is 0.540. The summed E-state index contributed by atoms with van der Waals surface area (Å²) in [7, 11) is 0. The van der Waals surface area contributed by atoms with Gasteiger partial charge in [-0.1, -0.05) is 29.8 Å². The van der Waals surface area contributed by atoms with Crippen molar-refractivity contribution in [2.75, 3.05) is 5.32 Å². The van der Waals surface area contributed by atoms with E-state index in [0.717, 1.165) is 34.0 Å². The molecule has 0 amide bonds. The average molecular weight is 340 g/mol. The summed E-state index contributed by atoms with van der Waals surface area (Å²) in [5, 5.41) is 4.17. The van der Waals surface area contributed by atoms with Gasteiger partial charge in [0.05, 0.1) is 5.52 Å². The summed E-state index contributed by atoms with van der Waals surface area (Å²) in [5.74, 6) is 0.540. The van der Waals surface area contributed by atoms with E-state index in [1.54, 1.807) is 18.6 Å². The molecule has 0 saturated carbocycles. The molecule has 0 unspecified atom stereocenters. The molecule has 4 aromatic rings. The zero-order valence-electron chi connectivity index (χ0n) is 14.2. The number of aromatic nitrogens is 3. The van der Waals surface area contributed by atoms with Crippen molar-refractivity contribution in [2.45, 2.75) is 6.92 Å². The zero-order chi connectivity index (χ0) is 17.9. The van der Waals surface area contributed by atoms with E-state index in [4.69, 9.17) is 0 Å². The van der Waals surface area contributed by atoms with Crippen molar-refractivity contribution >= 4 is 28.8 Å². The first kappa shape index (κ1) is 15.9. The van der Waals surface area contributed by atoms with E-state index >= 15 is 0 Å². The van der Waals surface area contributed by atoms with Crippen molar-refractivity contribution in [1.29, 1.82) is 0 Å². The molecule has 2 heterocycles. The van der Waals surface area contributed by atoms with Gasteiger partial charge in [-0.2, -0.15) is 0 Å². The Morgan fingerprint density at radius 1 is 0.923 bits per heavy atom. The zero-order valence-corrected chi connectivity index (χ0v) is 14.2. The topological polar surface area (TPSA) is 67.8 Å². The van der Waals surface area contributed by atoms with Crippen molar-refractivity contribution < 1.29 is 4.79 Å². The third-order valence-electron chi connectivity index (χ3n) is 4.12. The van der Waals surface area contributed by atoms with Gasteiger partial charge in [-0.25, -0.2) is 9.97 Å². The Balaban J connectivity index is 1.70.